The number of rotatable bonds is 4. The van der Waals surface area contributed by atoms with E-state index in [2.05, 4.69) is 13.8 Å². The molecular formula is C17H30O. The van der Waals surface area contributed by atoms with Crippen LogP contribution in [0.5, 0.6) is 0 Å². The third-order valence-corrected chi connectivity index (χ3v) is 5.63. The van der Waals surface area contributed by atoms with Crippen molar-refractivity contribution in [1.29, 1.82) is 0 Å². The molecule has 2 saturated carbocycles. The molecule has 0 aromatic heterocycles. The molecule has 0 N–H and O–H groups in total. The van der Waals surface area contributed by atoms with Gasteiger partial charge >= 0.3 is 0 Å². The molecule has 0 aliphatic heterocycles. The van der Waals surface area contributed by atoms with Crippen LogP contribution in [0.25, 0.3) is 0 Å². The standard InChI is InChI=1S/C17H30O/c1-3-13-9-11-15(12-10-13)17(18)16-8-6-5-7-14(16)4-2/h13-16H,3-12H2,1-2H3. The number of carbonyl (C=O) groups excluding carboxylic acids is 1. The van der Waals surface area contributed by atoms with E-state index in [1.807, 2.05) is 0 Å². The number of hydrogen-bond donors (Lipinski definition) is 0. The minimum atomic E-state index is 0.421. The van der Waals surface area contributed by atoms with Gasteiger partial charge in [0.2, 0.25) is 0 Å². The normalized spacial score (nSPS) is 37.4. The molecular weight excluding hydrogens is 220 g/mol. The third kappa shape index (κ3) is 3.16. The number of ketones is 1. The molecule has 18 heavy (non-hydrogen) atoms. The van der Waals surface area contributed by atoms with Gasteiger partial charge in [0, 0.05) is 11.8 Å². The first kappa shape index (κ1) is 14.1. The van der Waals surface area contributed by atoms with Crippen LogP contribution in [0, 0.1) is 23.7 Å². The second-order valence-electron chi connectivity index (χ2n) is 6.59. The Labute approximate surface area is 113 Å². The first-order valence-electron chi connectivity index (χ1n) is 8.30. The highest BCUT2D eigenvalue weighted by Crippen LogP contribution is 2.38. The van der Waals surface area contributed by atoms with Crippen molar-refractivity contribution in [2.75, 3.05) is 0 Å². The van der Waals surface area contributed by atoms with E-state index < -0.39 is 0 Å². The van der Waals surface area contributed by atoms with Gasteiger partial charge in [0.1, 0.15) is 5.78 Å². The van der Waals surface area contributed by atoms with Gasteiger partial charge in [0.15, 0.2) is 0 Å². The van der Waals surface area contributed by atoms with E-state index in [1.165, 1.54) is 64.2 Å². The van der Waals surface area contributed by atoms with Crippen molar-refractivity contribution in [3.8, 4) is 0 Å². The summed E-state index contributed by atoms with van der Waals surface area (Å²) in [6, 6.07) is 0. The molecule has 2 rings (SSSR count). The monoisotopic (exact) mass is 250 g/mol. The van der Waals surface area contributed by atoms with Gasteiger partial charge in [-0.15, -0.1) is 0 Å². The van der Waals surface area contributed by atoms with Gasteiger partial charge in [-0.3, -0.25) is 4.79 Å². The first-order valence-corrected chi connectivity index (χ1v) is 8.30. The van der Waals surface area contributed by atoms with Crippen molar-refractivity contribution in [3.63, 3.8) is 0 Å². The van der Waals surface area contributed by atoms with Crippen LogP contribution < -0.4 is 0 Å². The quantitative estimate of drug-likeness (QED) is 0.687. The molecule has 0 heterocycles. The van der Waals surface area contributed by atoms with Crippen molar-refractivity contribution in [3.05, 3.63) is 0 Å². The van der Waals surface area contributed by atoms with E-state index in [1.54, 1.807) is 0 Å². The highest BCUT2D eigenvalue weighted by atomic mass is 16.1. The number of hydrogen-bond acceptors (Lipinski definition) is 1. The summed E-state index contributed by atoms with van der Waals surface area (Å²) in [7, 11) is 0. The average molecular weight is 250 g/mol. The van der Waals surface area contributed by atoms with Crippen molar-refractivity contribution < 1.29 is 4.79 Å². The SMILES string of the molecule is CCC1CCC(C(=O)C2CCCCC2CC)CC1. The Bertz CT molecular complexity index is 263. The second-order valence-corrected chi connectivity index (χ2v) is 6.59. The summed E-state index contributed by atoms with van der Waals surface area (Å²) >= 11 is 0. The summed E-state index contributed by atoms with van der Waals surface area (Å²) in [5.74, 6) is 3.10. The molecule has 2 unspecified atom stereocenters. The molecule has 2 aliphatic rings. The lowest BCUT2D eigenvalue weighted by Gasteiger charge is -2.34. The maximum atomic E-state index is 12.7. The summed E-state index contributed by atoms with van der Waals surface area (Å²) < 4.78 is 0. The molecule has 1 nitrogen and oxygen atoms in total. The van der Waals surface area contributed by atoms with E-state index in [4.69, 9.17) is 0 Å². The van der Waals surface area contributed by atoms with Gasteiger partial charge in [0.05, 0.1) is 0 Å². The minimum absolute atomic E-state index is 0.421. The molecule has 0 aromatic carbocycles. The lowest BCUT2D eigenvalue weighted by molar-refractivity contribution is -0.131. The molecule has 2 aliphatic carbocycles. The highest BCUT2D eigenvalue weighted by Gasteiger charge is 2.35. The molecule has 2 atom stereocenters. The zero-order valence-electron chi connectivity index (χ0n) is 12.3. The smallest absolute Gasteiger partial charge is 0.139 e. The Hall–Kier alpha value is -0.330. The van der Waals surface area contributed by atoms with E-state index in [0.717, 1.165) is 5.92 Å². The average Bonchev–Trinajstić information content (AvgIpc) is 2.46. The van der Waals surface area contributed by atoms with Gasteiger partial charge in [-0.2, -0.15) is 0 Å². The minimum Gasteiger partial charge on any atom is -0.299 e. The summed E-state index contributed by atoms with van der Waals surface area (Å²) in [4.78, 5) is 12.7. The molecule has 0 bridgehead atoms. The largest absolute Gasteiger partial charge is 0.299 e. The zero-order chi connectivity index (χ0) is 13.0. The Balaban J connectivity index is 1.90. The fraction of sp³-hybridized carbons (Fsp3) is 0.941. The molecule has 2 fully saturated rings. The molecule has 0 radical (unpaired) electrons. The fourth-order valence-corrected chi connectivity index (χ4v) is 4.23. The molecule has 1 heteroatoms. The predicted octanol–water partition coefficient (Wildman–Crippen LogP) is 4.99. The van der Waals surface area contributed by atoms with Crippen LogP contribution in [0.3, 0.4) is 0 Å². The third-order valence-electron chi connectivity index (χ3n) is 5.63. The zero-order valence-corrected chi connectivity index (χ0v) is 12.3. The van der Waals surface area contributed by atoms with Crippen LogP contribution >= 0.6 is 0 Å². The molecule has 0 saturated heterocycles. The van der Waals surface area contributed by atoms with Crippen LogP contribution in [0.4, 0.5) is 0 Å². The van der Waals surface area contributed by atoms with E-state index in [9.17, 15) is 4.79 Å². The van der Waals surface area contributed by atoms with Crippen molar-refractivity contribution in [2.24, 2.45) is 23.7 Å². The summed E-state index contributed by atoms with van der Waals surface area (Å²) in [6.07, 6.45) is 12.6. The van der Waals surface area contributed by atoms with E-state index in [0.29, 0.717) is 23.5 Å². The van der Waals surface area contributed by atoms with Crippen LogP contribution in [0.15, 0.2) is 0 Å². The molecule has 0 amide bonds. The number of Topliss-reactive ketones (excluding diaryl/α,β-unsaturated/α-hetero) is 1. The predicted molar refractivity (Wildman–Crippen MR) is 76.5 cm³/mol. The maximum absolute atomic E-state index is 12.7. The van der Waals surface area contributed by atoms with Crippen molar-refractivity contribution in [1.82, 2.24) is 0 Å². The number of carbonyl (C=O) groups is 1. The van der Waals surface area contributed by atoms with Gasteiger partial charge in [0.25, 0.3) is 0 Å². The van der Waals surface area contributed by atoms with Gasteiger partial charge in [-0.1, -0.05) is 39.5 Å². The van der Waals surface area contributed by atoms with Crippen LogP contribution in [-0.4, -0.2) is 5.78 Å². The molecule has 0 aromatic rings. The second kappa shape index (κ2) is 6.73. The van der Waals surface area contributed by atoms with Gasteiger partial charge < -0.3 is 0 Å². The summed E-state index contributed by atoms with van der Waals surface area (Å²) in [5, 5.41) is 0. The lowest BCUT2D eigenvalue weighted by Crippen LogP contribution is -2.33. The Kier molecular flexibility index (Phi) is 5.26. The van der Waals surface area contributed by atoms with Crippen molar-refractivity contribution >= 4 is 5.78 Å². The Morgan fingerprint density at radius 3 is 2.17 bits per heavy atom. The van der Waals surface area contributed by atoms with E-state index in [-0.39, 0.29) is 0 Å². The Morgan fingerprint density at radius 1 is 0.889 bits per heavy atom. The van der Waals surface area contributed by atoms with Crippen LogP contribution in [0.1, 0.15) is 78.1 Å². The fourth-order valence-electron chi connectivity index (χ4n) is 4.23. The Morgan fingerprint density at radius 2 is 1.56 bits per heavy atom. The van der Waals surface area contributed by atoms with Crippen LogP contribution in [-0.2, 0) is 4.79 Å². The molecule has 0 spiro atoms. The van der Waals surface area contributed by atoms with Gasteiger partial charge in [-0.25, -0.2) is 0 Å². The molecule has 104 valence electrons. The highest BCUT2D eigenvalue weighted by molar-refractivity contribution is 5.83. The van der Waals surface area contributed by atoms with Gasteiger partial charge in [-0.05, 0) is 50.4 Å². The lowest BCUT2D eigenvalue weighted by atomic mass is 9.69. The summed E-state index contributed by atoms with van der Waals surface area (Å²) in [5.41, 5.74) is 0. The maximum Gasteiger partial charge on any atom is 0.139 e. The van der Waals surface area contributed by atoms with Crippen molar-refractivity contribution in [2.45, 2.75) is 78.1 Å². The topological polar surface area (TPSA) is 17.1 Å². The van der Waals surface area contributed by atoms with E-state index >= 15 is 0 Å². The summed E-state index contributed by atoms with van der Waals surface area (Å²) in [6.45, 7) is 4.56. The first-order chi connectivity index (χ1) is 8.76. The van der Waals surface area contributed by atoms with Crippen LogP contribution in [0.2, 0.25) is 0 Å².